The first-order valence-electron chi connectivity index (χ1n) is 9.80. The normalized spacial score (nSPS) is 12.6. The number of benzene rings is 3. The number of ketones is 1. The van der Waals surface area contributed by atoms with Gasteiger partial charge < -0.3 is 14.2 Å². The molecule has 1 heterocycles. The third kappa shape index (κ3) is 5.44. The van der Waals surface area contributed by atoms with Crippen LogP contribution in [-0.2, 0) is 14.8 Å². The summed E-state index contributed by atoms with van der Waals surface area (Å²) in [6.45, 7) is 0.296. The predicted molar refractivity (Wildman–Crippen MR) is 121 cm³/mol. The molecule has 0 fully saturated rings. The highest BCUT2D eigenvalue weighted by molar-refractivity contribution is 7.92. The summed E-state index contributed by atoms with van der Waals surface area (Å²) in [6, 6.07) is 16.3. The Balaban J connectivity index is 1.38. The molecule has 0 saturated carbocycles. The van der Waals surface area contributed by atoms with Crippen molar-refractivity contribution in [3.63, 3.8) is 0 Å². The van der Waals surface area contributed by atoms with E-state index in [4.69, 9.17) is 25.8 Å². The summed E-state index contributed by atoms with van der Waals surface area (Å²) in [6.07, 6.45) is 0. The Labute approximate surface area is 195 Å². The van der Waals surface area contributed by atoms with Gasteiger partial charge in [0, 0.05) is 22.3 Å². The van der Waals surface area contributed by atoms with Gasteiger partial charge in [-0.2, -0.15) is 0 Å². The summed E-state index contributed by atoms with van der Waals surface area (Å²) in [5.74, 6) is -0.271. The van der Waals surface area contributed by atoms with E-state index in [1.807, 2.05) is 0 Å². The molecule has 10 heteroatoms. The molecule has 0 radical (unpaired) electrons. The summed E-state index contributed by atoms with van der Waals surface area (Å²) in [5, 5.41) is 0.404. The van der Waals surface area contributed by atoms with Gasteiger partial charge in [-0.25, -0.2) is 13.2 Å². The standard InChI is InChI=1S/C23H18ClNO7S/c24-17-3-1-2-16(12-17)20(26)14-32-23(27)15-4-6-18(7-5-15)25-33(28,29)19-8-9-21-22(13-19)31-11-10-30-21/h1-9,12-13,25H,10-11,14H2. The van der Waals surface area contributed by atoms with E-state index in [1.165, 1.54) is 48.5 Å². The van der Waals surface area contributed by atoms with Crippen molar-refractivity contribution >= 4 is 39.1 Å². The lowest BCUT2D eigenvalue weighted by Crippen LogP contribution is -2.17. The zero-order chi connectivity index (χ0) is 23.4. The Morgan fingerprint density at radius 3 is 2.36 bits per heavy atom. The highest BCUT2D eigenvalue weighted by Crippen LogP contribution is 2.32. The molecule has 0 aromatic heterocycles. The molecule has 8 nitrogen and oxygen atoms in total. The Kier molecular flexibility index (Phi) is 6.52. The molecule has 3 aromatic rings. The molecule has 0 saturated heterocycles. The molecule has 1 aliphatic heterocycles. The highest BCUT2D eigenvalue weighted by atomic mass is 35.5. The zero-order valence-corrected chi connectivity index (χ0v) is 18.7. The van der Waals surface area contributed by atoms with Crippen LogP contribution in [0.25, 0.3) is 0 Å². The largest absolute Gasteiger partial charge is 0.486 e. The number of esters is 1. The van der Waals surface area contributed by atoms with E-state index in [0.717, 1.165) is 0 Å². The predicted octanol–water partition coefficient (Wildman–Crippen LogP) is 3.95. The average molecular weight is 488 g/mol. The van der Waals surface area contributed by atoms with Crippen LogP contribution < -0.4 is 14.2 Å². The van der Waals surface area contributed by atoms with Crippen LogP contribution in [0.3, 0.4) is 0 Å². The van der Waals surface area contributed by atoms with Gasteiger partial charge in [0.2, 0.25) is 0 Å². The number of Topliss-reactive ketones (excluding diaryl/α,β-unsaturated/α-hetero) is 1. The minimum Gasteiger partial charge on any atom is -0.486 e. The first-order chi connectivity index (χ1) is 15.8. The van der Waals surface area contributed by atoms with Crippen LogP contribution in [0.5, 0.6) is 11.5 Å². The van der Waals surface area contributed by atoms with Crippen molar-refractivity contribution in [3.8, 4) is 11.5 Å². The van der Waals surface area contributed by atoms with Gasteiger partial charge >= 0.3 is 5.97 Å². The van der Waals surface area contributed by atoms with E-state index in [1.54, 1.807) is 18.2 Å². The van der Waals surface area contributed by atoms with Gasteiger partial charge in [-0.1, -0.05) is 23.7 Å². The fourth-order valence-corrected chi connectivity index (χ4v) is 4.30. The molecule has 170 valence electrons. The average Bonchev–Trinajstić information content (AvgIpc) is 2.82. The first-order valence-corrected chi connectivity index (χ1v) is 11.7. The van der Waals surface area contributed by atoms with Gasteiger partial charge in [0.25, 0.3) is 10.0 Å². The van der Waals surface area contributed by atoms with Crippen molar-refractivity contribution in [2.24, 2.45) is 0 Å². The lowest BCUT2D eigenvalue weighted by atomic mass is 10.1. The molecule has 3 aromatic carbocycles. The molecule has 0 unspecified atom stereocenters. The first kappa shape index (κ1) is 22.6. The molecule has 0 bridgehead atoms. The van der Waals surface area contributed by atoms with E-state index >= 15 is 0 Å². The third-order valence-corrected chi connectivity index (χ3v) is 6.29. The maximum absolute atomic E-state index is 12.7. The number of anilines is 1. The fourth-order valence-electron chi connectivity index (χ4n) is 3.04. The van der Waals surface area contributed by atoms with Crippen LogP contribution in [-0.4, -0.2) is 40.0 Å². The Hall–Kier alpha value is -3.56. The maximum atomic E-state index is 12.7. The molecule has 0 aliphatic carbocycles. The van der Waals surface area contributed by atoms with Crippen molar-refractivity contribution in [2.75, 3.05) is 24.5 Å². The monoisotopic (exact) mass is 487 g/mol. The second kappa shape index (κ2) is 9.51. The minimum absolute atomic E-state index is 0.00904. The van der Waals surface area contributed by atoms with Crippen LogP contribution in [0.2, 0.25) is 5.02 Å². The van der Waals surface area contributed by atoms with Crippen LogP contribution in [0.4, 0.5) is 5.69 Å². The molecule has 33 heavy (non-hydrogen) atoms. The summed E-state index contributed by atoms with van der Waals surface area (Å²) in [4.78, 5) is 24.4. The van der Waals surface area contributed by atoms with Crippen molar-refractivity contribution in [1.29, 1.82) is 0 Å². The Morgan fingerprint density at radius 1 is 0.909 bits per heavy atom. The van der Waals surface area contributed by atoms with Crippen LogP contribution in [0, 0.1) is 0 Å². The van der Waals surface area contributed by atoms with Crippen LogP contribution in [0.1, 0.15) is 20.7 Å². The van der Waals surface area contributed by atoms with Gasteiger partial charge in [0.15, 0.2) is 23.9 Å². The molecule has 1 N–H and O–H groups in total. The molecule has 1 aliphatic rings. The number of ether oxygens (including phenoxy) is 3. The maximum Gasteiger partial charge on any atom is 0.338 e. The van der Waals surface area contributed by atoms with Gasteiger partial charge in [-0.05, 0) is 48.5 Å². The lowest BCUT2D eigenvalue weighted by molar-refractivity contribution is 0.0475. The fraction of sp³-hybridized carbons (Fsp3) is 0.130. The quantitative estimate of drug-likeness (QED) is 0.397. The number of hydrogen-bond acceptors (Lipinski definition) is 7. The number of carbonyl (C=O) groups excluding carboxylic acids is 2. The van der Waals surface area contributed by atoms with Crippen molar-refractivity contribution in [3.05, 3.63) is 82.9 Å². The molecular formula is C23H18ClNO7S. The Bertz CT molecular complexity index is 1310. The smallest absolute Gasteiger partial charge is 0.338 e. The van der Waals surface area contributed by atoms with Crippen LogP contribution in [0.15, 0.2) is 71.6 Å². The summed E-state index contributed by atoms with van der Waals surface area (Å²) >= 11 is 5.86. The summed E-state index contributed by atoms with van der Waals surface area (Å²) in [7, 11) is -3.89. The zero-order valence-electron chi connectivity index (χ0n) is 17.1. The van der Waals surface area contributed by atoms with E-state index in [9.17, 15) is 18.0 Å². The number of halogens is 1. The number of sulfonamides is 1. The van der Waals surface area contributed by atoms with Crippen molar-refractivity contribution < 1.29 is 32.2 Å². The van der Waals surface area contributed by atoms with Crippen LogP contribution >= 0.6 is 11.6 Å². The molecule has 4 rings (SSSR count). The van der Waals surface area contributed by atoms with Gasteiger partial charge in [-0.3, -0.25) is 9.52 Å². The number of nitrogens with one attached hydrogen (secondary N) is 1. The number of hydrogen-bond donors (Lipinski definition) is 1. The van der Waals surface area contributed by atoms with Gasteiger partial charge in [-0.15, -0.1) is 0 Å². The molecular weight excluding hydrogens is 470 g/mol. The SMILES string of the molecule is O=C(COC(=O)c1ccc(NS(=O)(=O)c2ccc3c(c2)OCCO3)cc1)c1cccc(Cl)c1. The number of rotatable bonds is 7. The topological polar surface area (TPSA) is 108 Å². The van der Waals surface area contributed by atoms with E-state index in [2.05, 4.69) is 4.72 Å². The van der Waals surface area contributed by atoms with Gasteiger partial charge in [0.1, 0.15) is 13.2 Å². The second-order valence-electron chi connectivity index (χ2n) is 7.00. The number of carbonyl (C=O) groups is 2. The minimum atomic E-state index is -3.89. The summed E-state index contributed by atoms with van der Waals surface area (Å²) < 4.78 is 43.7. The van der Waals surface area contributed by atoms with Gasteiger partial charge in [0.05, 0.1) is 10.5 Å². The lowest BCUT2D eigenvalue weighted by Gasteiger charge is -2.19. The molecule has 0 amide bonds. The summed E-state index contributed by atoms with van der Waals surface area (Å²) in [5.41, 5.74) is 0.742. The highest BCUT2D eigenvalue weighted by Gasteiger charge is 2.20. The third-order valence-electron chi connectivity index (χ3n) is 4.68. The van der Waals surface area contributed by atoms with Crippen molar-refractivity contribution in [1.82, 2.24) is 0 Å². The number of fused-ring (bicyclic) bond motifs is 1. The molecule has 0 atom stereocenters. The van der Waals surface area contributed by atoms with E-state index in [-0.39, 0.29) is 16.1 Å². The van der Waals surface area contributed by atoms with E-state index < -0.39 is 28.4 Å². The van der Waals surface area contributed by atoms with Crippen molar-refractivity contribution in [2.45, 2.75) is 4.90 Å². The second-order valence-corrected chi connectivity index (χ2v) is 9.12. The van der Waals surface area contributed by atoms with E-state index in [0.29, 0.717) is 35.3 Å². The molecule has 0 spiro atoms. The Morgan fingerprint density at radius 2 is 1.64 bits per heavy atom.